The molecule has 0 spiro atoms. The van der Waals surface area contributed by atoms with Gasteiger partial charge >= 0.3 is 0 Å². The summed E-state index contributed by atoms with van der Waals surface area (Å²) < 4.78 is 11.6. The topological polar surface area (TPSA) is 42.0 Å². The minimum absolute atomic E-state index is 0.183. The van der Waals surface area contributed by atoms with E-state index in [1.807, 2.05) is 12.1 Å². The van der Waals surface area contributed by atoms with E-state index in [0.29, 0.717) is 6.61 Å². The van der Waals surface area contributed by atoms with Crippen LogP contribution in [0, 0.1) is 5.92 Å². The zero-order valence-electron chi connectivity index (χ0n) is 20.6. The van der Waals surface area contributed by atoms with Gasteiger partial charge in [-0.05, 0) is 97.7 Å². The molecule has 2 bridgehead atoms. The Kier molecular flexibility index (Phi) is 5.58. The predicted molar refractivity (Wildman–Crippen MR) is 135 cm³/mol. The predicted octanol–water partition coefficient (Wildman–Crippen LogP) is 4.39. The van der Waals surface area contributed by atoms with E-state index in [-0.39, 0.29) is 18.1 Å². The highest BCUT2D eigenvalue weighted by molar-refractivity contribution is 5.97. The molecule has 5 heteroatoms. The molecule has 1 saturated carbocycles. The van der Waals surface area contributed by atoms with Crippen LogP contribution < -0.4 is 4.74 Å². The first-order chi connectivity index (χ1) is 17.2. The molecule has 1 amide bonds. The highest BCUT2D eigenvalue weighted by Gasteiger charge is 2.38. The van der Waals surface area contributed by atoms with E-state index in [2.05, 4.69) is 34.1 Å². The highest BCUT2D eigenvalue weighted by atomic mass is 16.5. The van der Waals surface area contributed by atoms with Crippen molar-refractivity contribution in [1.29, 1.82) is 0 Å². The third-order valence-electron chi connectivity index (χ3n) is 9.18. The van der Waals surface area contributed by atoms with Gasteiger partial charge in [0, 0.05) is 43.9 Å². The van der Waals surface area contributed by atoms with Crippen LogP contribution in [0.4, 0.5) is 0 Å². The maximum atomic E-state index is 13.5. The fourth-order valence-corrected chi connectivity index (χ4v) is 7.31. The Morgan fingerprint density at radius 1 is 0.971 bits per heavy atom. The molecule has 3 heterocycles. The molecule has 0 N–H and O–H groups in total. The molecule has 0 aromatic heterocycles. The number of fused-ring (bicyclic) bond motifs is 4. The number of hydrogen-bond donors (Lipinski definition) is 0. The van der Waals surface area contributed by atoms with Crippen molar-refractivity contribution < 1.29 is 14.3 Å². The van der Waals surface area contributed by atoms with Crippen LogP contribution in [0.3, 0.4) is 0 Å². The number of carbonyl (C=O) groups excluding carboxylic acids is 1. The van der Waals surface area contributed by atoms with Gasteiger partial charge in [0.05, 0.1) is 6.10 Å². The number of piperidine rings is 1. The van der Waals surface area contributed by atoms with Crippen molar-refractivity contribution in [2.45, 2.75) is 76.1 Å². The monoisotopic (exact) mass is 472 g/mol. The maximum absolute atomic E-state index is 13.5. The van der Waals surface area contributed by atoms with Crippen molar-refractivity contribution in [3.05, 3.63) is 64.2 Å². The lowest BCUT2D eigenvalue weighted by atomic mass is 9.96. The number of likely N-dealkylation sites (tertiary alicyclic amines) is 1. The van der Waals surface area contributed by atoms with Gasteiger partial charge in [0.2, 0.25) is 0 Å². The molecule has 2 aromatic rings. The minimum Gasteiger partial charge on any atom is -0.491 e. The number of ether oxygens (including phenoxy) is 2. The average Bonchev–Trinajstić information content (AvgIpc) is 3.67. The lowest BCUT2D eigenvalue weighted by Gasteiger charge is -2.33. The standard InChI is InChI=1S/C30H36N2O3/c33-30-29-8-7-27(35-19-28-2-1-11-34-28)16-23(29)9-10-32(30)26-14-22-5-3-20(12-24(22)15-26)17-31-18-21-4-6-25(31)13-21/h3,5,7-8,12,16,21,25-26,28H,1-2,4,6,9-11,13-15,17-19H2/t21-,25+,26-,28+/m1/s1. The first-order valence-electron chi connectivity index (χ1n) is 13.7. The van der Waals surface area contributed by atoms with Crippen LogP contribution in [-0.2, 0) is 30.5 Å². The lowest BCUT2D eigenvalue weighted by molar-refractivity contribution is 0.0657. The second kappa shape index (κ2) is 8.94. The van der Waals surface area contributed by atoms with Crippen molar-refractivity contribution >= 4 is 5.91 Å². The van der Waals surface area contributed by atoms with Gasteiger partial charge in [-0.3, -0.25) is 9.69 Å². The summed E-state index contributed by atoms with van der Waals surface area (Å²) in [5.74, 6) is 1.98. The zero-order chi connectivity index (χ0) is 23.4. The van der Waals surface area contributed by atoms with E-state index in [9.17, 15) is 4.79 Å². The fraction of sp³-hybridized carbons (Fsp3) is 0.567. The van der Waals surface area contributed by atoms with Gasteiger partial charge in [-0.15, -0.1) is 0 Å². The summed E-state index contributed by atoms with van der Waals surface area (Å²) in [5, 5.41) is 0. The molecule has 2 saturated heterocycles. The summed E-state index contributed by atoms with van der Waals surface area (Å²) in [4.78, 5) is 18.3. The third kappa shape index (κ3) is 4.17. The average molecular weight is 473 g/mol. The van der Waals surface area contributed by atoms with Crippen molar-refractivity contribution in [1.82, 2.24) is 9.80 Å². The third-order valence-corrected chi connectivity index (χ3v) is 9.18. The van der Waals surface area contributed by atoms with Gasteiger partial charge < -0.3 is 14.4 Å². The first-order valence-corrected chi connectivity index (χ1v) is 13.7. The first kappa shape index (κ1) is 21.9. The molecule has 35 heavy (non-hydrogen) atoms. The van der Waals surface area contributed by atoms with E-state index in [1.165, 1.54) is 42.5 Å². The Morgan fingerprint density at radius 3 is 2.74 bits per heavy atom. The van der Waals surface area contributed by atoms with Crippen LogP contribution in [0.2, 0.25) is 0 Å². The normalized spacial score (nSPS) is 29.6. The maximum Gasteiger partial charge on any atom is 0.254 e. The Labute approximate surface area is 208 Å². The van der Waals surface area contributed by atoms with Gasteiger partial charge in [-0.25, -0.2) is 0 Å². The van der Waals surface area contributed by atoms with Crippen LogP contribution in [0.5, 0.6) is 5.75 Å². The number of nitrogens with zero attached hydrogens (tertiary/aromatic N) is 2. The molecule has 5 aliphatic rings. The molecule has 7 rings (SSSR count). The molecule has 3 aliphatic heterocycles. The lowest BCUT2D eigenvalue weighted by Crippen LogP contribution is -2.45. The Bertz CT molecular complexity index is 1120. The summed E-state index contributed by atoms with van der Waals surface area (Å²) in [6, 6.07) is 14.2. The van der Waals surface area contributed by atoms with E-state index in [4.69, 9.17) is 9.47 Å². The van der Waals surface area contributed by atoms with E-state index < -0.39 is 0 Å². The Morgan fingerprint density at radius 2 is 1.91 bits per heavy atom. The van der Waals surface area contributed by atoms with Crippen molar-refractivity contribution in [2.75, 3.05) is 26.3 Å². The van der Waals surface area contributed by atoms with Crippen molar-refractivity contribution in [3.8, 4) is 5.75 Å². The molecule has 0 radical (unpaired) electrons. The molecule has 2 aromatic carbocycles. The van der Waals surface area contributed by atoms with Crippen LogP contribution in [0.25, 0.3) is 0 Å². The number of benzene rings is 2. The molecule has 3 fully saturated rings. The second-order valence-electron chi connectivity index (χ2n) is 11.4. The molecule has 184 valence electrons. The van der Waals surface area contributed by atoms with Gasteiger partial charge in [-0.1, -0.05) is 18.2 Å². The van der Waals surface area contributed by atoms with Crippen LogP contribution in [0.1, 0.15) is 64.7 Å². The molecule has 0 unspecified atom stereocenters. The summed E-state index contributed by atoms with van der Waals surface area (Å²) in [6.07, 6.45) is 9.49. The summed E-state index contributed by atoms with van der Waals surface area (Å²) in [5.41, 5.74) is 6.30. The molecule has 2 aliphatic carbocycles. The molecular formula is C30H36N2O3. The Balaban J connectivity index is 1.00. The Hall–Kier alpha value is -2.37. The zero-order valence-corrected chi connectivity index (χ0v) is 20.6. The summed E-state index contributed by atoms with van der Waals surface area (Å²) in [7, 11) is 0. The van der Waals surface area contributed by atoms with Gasteiger partial charge in [-0.2, -0.15) is 0 Å². The van der Waals surface area contributed by atoms with Gasteiger partial charge in [0.25, 0.3) is 5.91 Å². The summed E-state index contributed by atoms with van der Waals surface area (Å²) >= 11 is 0. The molecule has 4 atom stereocenters. The summed E-state index contributed by atoms with van der Waals surface area (Å²) in [6.45, 7) is 4.61. The SMILES string of the molecule is O=C1c2ccc(OC[C@@H]3CCCO3)cc2CCN1[C@@H]1Cc2ccc(CN3C[C@@H]4CC[C@H]3C4)cc2C1. The number of amides is 1. The van der Waals surface area contributed by atoms with Crippen LogP contribution in [0.15, 0.2) is 36.4 Å². The molecular weight excluding hydrogens is 436 g/mol. The van der Waals surface area contributed by atoms with Crippen LogP contribution >= 0.6 is 0 Å². The van der Waals surface area contributed by atoms with Crippen molar-refractivity contribution in [2.24, 2.45) is 5.92 Å². The minimum atomic E-state index is 0.183. The molecule has 5 nitrogen and oxygen atoms in total. The smallest absolute Gasteiger partial charge is 0.254 e. The number of carbonyl (C=O) groups is 1. The van der Waals surface area contributed by atoms with Gasteiger partial charge in [0.1, 0.15) is 12.4 Å². The number of hydrogen-bond acceptors (Lipinski definition) is 4. The van der Waals surface area contributed by atoms with E-state index >= 15 is 0 Å². The van der Waals surface area contributed by atoms with E-state index in [0.717, 1.165) is 80.6 Å². The van der Waals surface area contributed by atoms with Crippen LogP contribution in [-0.4, -0.2) is 60.2 Å². The fourth-order valence-electron chi connectivity index (χ4n) is 7.31. The number of rotatable bonds is 6. The van der Waals surface area contributed by atoms with Gasteiger partial charge in [0.15, 0.2) is 0 Å². The van der Waals surface area contributed by atoms with E-state index in [1.54, 1.807) is 0 Å². The van der Waals surface area contributed by atoms with Crippen molar-refractivity contribution in [3.63, 3.8) is 0 Å². The quantitative estimate of drug-likeness (QED) is 0.625. The second-order valence-corrected chi connectivity index (χ2v) is 11.4. The largest absolute Gasteiger partial charge is 0.491 e. The highest BCUT2D eigenvalue weighted by Crippen LogP contribution is 2.38.